The molecule has 3 heteroatoms. The van der Waals surface area contributed by atoms with Crippen LogP contribution in [0.15, 0.2) is 48.5 Å². The van der Waals surface area contributed by atoms with Gasteiger partial charge in [-0.3, -0.25) is 4.79 Å². The van der Waals surface area contributed by atoms with Gasteiger partial charge >= 0.3 is 0 Å². The molecule has 0 aliphatic rings. The van der Waals surface area contributed by atoms with Crippen molar-refractivity contribution in [3.8, 4) is 5.75 Å². The Labute approximate surface area is 145 Å². The molecule has 0 bridgehead atoms. The second-order valence-electron chi connectivity index (χ2n) is 6.84. The molecule has 2 aromatic carbocycles. The number of carbonyl (C=O) groups is 1. The molecule has 2 rings (SSSR count). The average Bonchev–Trinajstić information content (AvgIpc) is 2.57. The van der Waals surface area contributed by atoms with Crippen molar-refractivity contribution in [1.29, 1.82) is 0 Å². The van der Waals surface area contributed by atoms with E-state index in [-0.39, 0.29) is 17.4 Å². The first-order valence-corrected chi connectivity index (χ1v) is 8.47. The van der Waals surface area contributed by atoms with Crippen LogP contribution in [0.25, 0.3) is 0 Å². The molecule has 0 aromatic heterocycles. The minimum atomic E-state index is -0.372. The van der Waals surface area contributed by atoms with Crippen LogP contribution in [-0.2, 0) is 4.79 Å². The third-order valence-corrected chi connectivity index (χ3v) is 4.53. The number of carbonyl (C=O) groups excluding carboxylic acids is 1. The Kier molecular flexibility index (Phi) is 5.66. The van der Waals surface area contributed by atoms with Crippen LogP contribution in [0.1, 0.15) is 51.3 Å². The normalized spacial score (nSPS) is 12.5. The zero-order chi connectivity index (χ0) is 17.7. The lowest BCUT2D eigenvalue weighted by atomic mass is 9.89. The molecule has 0 aliphatic heterocycles. The van der Waals surface area contributed by atoms with Gasteiger partial charge < -0.3 is 10.1 Å². The maximum Gasteiger partial charge on any atom is 0.230 e. The van der Waals surface area contributed by atoms with E-state index < -0.39 is 0 Å². The highest BCUT2D eigenvalue weighted by molar-refractivity contribution is 5.95. The van der Waals surface area contributed by atoms with Gasteiger partial charge in [0.15, 0.2) is 0 Å². The van der Waals surface area contributed by atoms with E-state index in [9.17, 15) is 4.79 Å². The van der Waals surface area contributed by atoms with E-state index in [0.29, 0.717) is 0 Å². The summed E-state index contributed by atoms with van der Waals surface area (Å²) in [7, 11) is 0. The second kappa shape index (κ2) is 7.52. The number of hydrogen-bond donors (Lipinski definition) is 1. The molecular weight excluding hydrogens is 298 g/mol. The summed E-state index contributed by atoms with van der Waals surface area (Å²) in [5.41, 5.74) is 2.59. The van der Waals surface area contributed by atoms with Crippen LogP contribution < -0.4 is 10.1 Å². The van der Waals surface area contributed by atoms with Crippen molar-refractivity contribution in [2.24, 2.45) is 5.41 Å². The maximum atomic E-state index is 12.3. The van der Waals surface area contributed by atoms with Gasteiger partial charge in [0.2, 0.25) is 5.91 Å². The fraction of sp³-hybridized carbons (Fsp3) is 0.381. The van der Waals surface area contributed by atoms with Crippen LogP contribution in [0.2, 0.25) is 0 Å². The third kappa shape index (κ3) is 4.38. The Morgan fingerprint density at radius 2 is 1.83 bits per heavy atom. The highest BCUT2D eigenvalue weighted by Gasteiger charge is 2.25. The molecule has 0 saturated carbocycles. The van der Waals surface area contributed by atoms with Gasteiger partial charge in [-0.25, -0.2) is 0 Å². The van der Waals surface area contributed by atoms with Gasteiger partial charge in [-0.05, 0) is 49.6 Å². The van der Waals surface area contributed by atoms with Crippen LogP contribution in [0.3, 0.4) is 0 Å². The molecule has 0 heterocycles. The van der Waals surface area contributed by atoms with E-state index in [4.69, 9.17) is 4.74 Å². The van der Waals surface area contributed by atoms with E-state index in [1.165, 1.54) is 0 Å². The quantitative estimate of drug-likeness (QED) is 0.760. The van der Waals surface area contributed by atoms with Gasteiger partial charge in [0.1, 0.15) is 11.9 Å². The summed E-state index contributed by atoms with van der Waals surface area (Å²) in [4.78, 5) is 12.3. The molecule has 0 saturated heterocycles. The number of rotatable bonds is 6. The summed E-state index contributed by atoms with van der Waals surface area (Å²) in [5, 5.41) is 3.02. The maximum absolute atomic E-state index is 12.3. The minimum Gasteiger partial charge on any atom is -0.486 e. The van der Waals surface area contributed by atoms with Crippen LogP contribution in [0.4, 0.5) is 5.69 Å². The molecule has 0 fully saturated rings. The van der Waals surface area contributed by atoms with Crippen LogP contribution in [-0.4, -0.2) is 5.91 Å². The lowest BCUT2D eigenvalue weighted by Crippen LogP contribution is -2.30. The van der Waals surface area contributed by atoms with E-state index >= 15 is 0 Å². The Balaban J connectivity index is 2.08. The number of hydrogen-bond acceptors (Lipinski definition) is 2. The highest BCUT2D eigenvalue weighted by atomic mass is 16.5. The lowest BCUT2D eigenvalue weighted by Gasteiger charge is -2.22. The Hall–Kier alpha value is -2.29. The molecule has 128 valence electrons. The topological polar surface area (TPSA) is 38.3 Å². The van der Waals surface area contributed by atoms with Gasteiger partial charge in [0.25, 0.3) is 0 Å². The molecule has 1 N–H and O–H groups in total. The van der Waals surface area contributed by atoms with E-state index in [1.54, 1.807) is 0 Å². The summed E-state index contributed by atoms with van der Waals surface area (Å²) >= 11 is 0. The van der Waals surface area contributed by atoms with Crippen molar-refractivity contribution in [1.82, 2.24) is 0 Å². The minimum absolute atomic E-state index is 0.0231. The third-order valence-electron chi connectivity index (χ3n) is 4.53. The molecule has 3 nitrogen and oxygen atoms in total. The molecule has 2 aromatic rings. The number of benzene rings is 2. The van der Waals surface area contributed by atoms with Crippen molar-refractivity contribution in [3.63, 3.8) is 0 Å². The number of aryl methyl sites for hydroxylation is 1. The van der Waals surface area contributed by atoms with Gasteiger partial charge in [0, 0.05) is 11.1 Å². The van der Waals surface area contributed by atoms with Crippen LogP contribution in [0, 0.1) is 12.3 Å². The fourth-order valence-electron chi connectivity index (χ4n) is 2.30. The summed E-state index contributed by atoms with van der Waals surface area (Å²) in [6.07, 6.45) is 0.776. The Morgan fingerprint density at radius 1 is 1.17 bits per heavy atom. The summed E-state index contributed by atoms with van der Waals surface area (Å²) in [6.45, 7) is 9.94. The molecule has 1 unspecified atom stereocenters. The molecule has 0 radical (unpaired) electrons. The van der Waals surface area contributed by atoms with E-state index in [0.717, 1.165) is 29.0 Å². The SMILES string of the molecule is CCC(C)(C)C(=O)Nc1ccc(OC(C)c2ccccc2)cc1C. The molecule has 24 heavy (non-hydrogen) atoms. The van der Waals surface area contributed by atoms with Crippen molar-refractivity contribution in [3.05, 3.63) is 59.7 Å². The van der Waals surface area contributed by atoms with E-state index in [2.05, 4.69) is 17.4 Å². The number of anilines is 1. The Morgan fingerprint density at radius 3 is 2.42 bits per heavy atom. The standard InChI is InChI=1S/C21H27NO2/c1-6-21(4,5)20(23)22-19-13-12-18(14-15(19)2)24-16(3)17-10-8-7-9-11-17/h7-14,16H,6H2,1-5H3,(H,22,23). The number of ether oxygens (including phenoxy) is 1. The first-order valence-electron chi connectivity index (χ1n) is 8.47. The van der Waals surface area contributed by atoms with Crippen molar-refractivity contribution in [2.45, 2.75) is 47.1 Å². The number of amides is 1. The zero-order valence-corrected chi connectivity index (χ0v) is 15.2. The van der Waals surface area contributed by atoms with Crippen LogP contribution >= 0.6 is 0 Å². The van der Waals surface area contributed by atoms with Gasteiger partial charge in [-0.2, -0.15) is 0 Å². The molecular formula is C21H27NO2. The molecule has 0 spiro atoms. The monoisotopic (exact) mass is 325 g/mol. The van der Waals surface area contributed by atoms with Crippen molar-refractivity contribution in [2.75, 3.05) is 5.32 Å². The first-order chi connectivity index (χ1) is 11.3. The lowest BCUT2D eigenvalue weighted by molar-refractivity contribution is -0.124. The predicted octanol–water partition coefficient (Wildman–Crippen LogP) is 5.51. The molecule has 0 aliphatic carbocycles. The first kappa shape index (κ1) is 18.1. The Bertz CT molecular complexity index is 692. The molecule has 1 amide bonds. The summed E-state index contributed by atoms with van der Waals surface area (Å²) in [6, 6.07) is 15.9. The number of nitrogens with one attached hydrogen (secondary N) is 1. The zero-order valence-electron chi connectivity index (χ0n) is 15.2. The summed E-state index contributed by atoms with van der Waals surface area (Å²) in [5.74, 6) is 0.844. The van der Waals surface area contributed by atoms with Crippen LogP contribution in [0.5, 0.6) is 5.75 Å². The second-order valence-corrected chi connectivity index (χ2v) is 6.84. The molecule has 1 atom stereocenters. The van der Waals surface area contributed by atoms with Gasteiger partial charge in [-0.15, -0.1) is 0 Å². The van der Waals surface area contributed by atoms with Crippen molar-refractivity contribution >= 4 is 11.6 Å². The summed E-state index contributed by atoms with van der Waals surface area (Å²) < 4.78 is 6.02. The fourth-order valence-corrected chi connectivity index (χ4v) is 2.30. The van der Waals surface area contributed by atoms with Gasteiger partial charge in [0.05, 0.1) is 0 Å². The smallest absolute Gasteiger partial charge is 0.230 e. The average molecular weight is 325 g/mol. The van der Waals surface area contributed by atoms with Crippen molar-refractivity contribution < 1.29 is 9.53 Å². The van der Waals surface area contributed by atoms with Gasteiger partial charge in [-0.1, -0.05) is 51.1 Å². The highest BCUT2D eigenvalue weighted by Crippen LogP contribution is 2.28. The largest absolute Gasteiger partial charge is 0.486 e. The predicted molar refractivity (Wildman–Crippen MR) is 99.4 cm³/mol. The van der Waals surface area contributed by atoms with E-state index in [1.807, 2.05) is 71.0 Å².